The van der Waals surface area contributed by atoms with Crippen molar-refractivity contribution in [2.75, 3.05) is 9.03 Å². The fourth-order valence-electron chi connectivity index (χ4n) is 1.65. The summed E-state index contributed by atoms with van der Waals surface area (Å²) in [5, 5.41) is 1.48. The molecule has 0 aliphatic rings. The second-order valence-corrected chi connectivity index (χ2v) is 7.10. The Morgan fingerprint density at radius 1 is 1.22 bits per heavy atom. The first kappa shape index (κ1) is 17.5. The third-order valence-electron chi connectivity index (χ3n) is 2.61. The standard InChI is InChI=1S/C12H10F3N3O2S3/c13-12(14,15)8-3-5-9(6-4-8)17-23(19,20)18(11(16)21)10-2-1-7-22-10/h1-7,17H,(H2,16,21). The molecule has 0 spiro atoms. The predicted octanol–water partition coefficient (Wildman–Crippen LogP) is 3.17. The van der Waals surface area contributed by atoms with Crippen molar-refractivity contribution in [3.63, 3.8) is 0 Å². The van der Waals surface area contributed by atoms with Crippen molar-refractivity contribution in [1.29, 1.82) is 0 Å². The van der Waals surface area contributed by atoms with Gasteiger partial charge in [-0.1, -0.05) is 0 Å². The molecule has 2 rings (SSSR count). The van der Waals surface area contributed by atoms with Crippen molar-refractivity contribution < 1.29 is 21.6 Å². The Morgan fingerprint density at radius 2 is 1.83 bits per heavy atom. The molecule has 0 radical (unpaired) electrons. The monoisotopic (exact) mass is 381 g/mol. The second kappa shape index (κ2) is 6.34. The Kier molecular flexibility index (Phi) is 4.82. The summed E-state index contributed by atoms with van der Waals surface area (Å²) in [6, 6.07) is 6.66. The van der Waals surface area contributed by atoms with Gasteiger partial charge in [0, 0.05) is 0 Å². The molecule has 2 aromatic rings. The topological polar surface area (TPSA) is 75.4 Å². The molecule has 1 aromatic heterocycles. The fraction of sp³-hybridized carbons (Fsp3) is 0.0833. The minimum Gasteiger partial charge on any atom is -0.375 e. The van der Waals surface area contributed by atoms with Crippen LogP contribution >= 0.6 is 23.6 Å². The molecule has 0 saturated heterocycles. The lowest BCUT2D eigenvalue weighted by Crippen LogP contribution is -2.43. The normalized spacial score (nSPS) is 12.0. The average molecular weight is 381 g/mol. The molecule has 23 heavy (non-hydrogen) atoms. The molecule has 1 heterocycles. The van der Waals surface area contributed by atoms with E-state index in [0.29, 0.717) is 4.31 Å². The van der Waals surface area contributed by atoms with Crippen molar-refractivity contribution in [3.8, 4) is 0 Å². The number of halogens is 3. The zero-order chi connectivity index (χ0) is 17.3. The van der Waals surface area contributed by atoms with Crippen LogP contribution in [-0.4, -0.2) is 13.5 Å². The number of hydrogen-bond donors (Lipinski definition) is 2. The first-order chi connectivity index (χ1) is 10.6. The molecule has 0 aliphatic heterocycles. The van der Waals surface area contributed by atoms with E-state index < -0.39 is 27.1 Å². The number of nitrogens with one attached hydrogen (secondary N) is 1. The highest BCUT2D eigenvalue weighted by atomic mass is 32.2. The first-order valence-electron chi connectivity index (χ1n) is 5.94. The Hall–Kier alpha value is -1.85. The molecule has 0 unspecified atom stereocenters. The first-order valence-corrected chi connectivity index (χ1v) is 8.67. The van der Waals surface area contributed by atoms with Gasteiger partial charge >= 0.3 is 16.4 Å². The number of hydrogen-bond acceptors (Lipinski definition) is 4. The number of benzene rings is 1. The van der Waals surface area contributed by atoms with Gasteiger partial charge in [-0.3, -0.25) is 4.72 Å². The molecule has 11 heteroatoms. The zero-order valence-corrected chi connectivity index (χ0v) is 13.7. The van der Waals surface area contributed by atoms with Crippen molar-refractivity contribution in [3.05, 3.63) is 47.3 Å². The molecular formula is C12H10F3N3O2S3. The summed E-state index contributed by atoms with van der Waals surface area (Å²) in [5.74, 6) is 0. The smallest absolute Gasteiger partial charge is 0.375 e. The van der Waals surface area contributed by atoms with E-state index in [1.807, 2.05) is 0 Å². The number of alkyl halides is 3. The van der Waals surface area contributed by atoms with Crippen LogP contribution in [0.5, 0.6) is 0 Å². The molecule has 0 bridgehead atoms. The number of nitrogens with zero attached hydrogens (tertiary/aromatic N) is 1. The van der Waals surface area contributed by atoms with Gasteiger partial charge in [0.25, 0.3) is 0 Å². The minimum absolute atomic E-state index is 0.0455. The van der Waals surface area contributed by atoms with Gasteiger partial charge in [-0.15, -0.1) is 11.3 Å². The maximum Gasteiger partial charge on any atom is 0.416 e. The summed E-state index contributed by atoms with van der Waals surface area (Å²) in [6.45, 7) is 0. The average Bonchev–Trinajstić information content (AvgIpc) is 2.90. The summed E-state index contributed by atoms with van der Waals surface area (Å²) in [7, 11) is -4.20. The lowest BCUT2D eigenvalue weighted by molar-refractivity contribution is -0.137. The van der Waals surface area contributed by atoms with Crippen LogP contribution in [0.1, 0.15) is 5.56 Å². The van der Waals surface area contributed by atoms with Gasteiger partial charge in [-0.25, -0.2) is 0 Å². The van der Waals surface area contributed by atoms with E-state index in [0.717, 1.165) is 35.6 Å². The summed E-state index contributed by atoms with van der Waals surface area (Å²) < 4.78 is 65.0. The van der Waals surface area contributed by atoms with E-state index in [-0.39, 0.29) is 10.7 Å². The Labute approximate surface area is 139 Å². The lowest BCUT2D eigenvalue weighted by atomic mass is 10.2. The summed E-state index contributed by atoms with van der Waals surface area (Å²) in [5.41, 5.74) is 4.52. The van der Waals surface area contributed by atoms with Crippen LogP contribution in [0.3, 0.4) is 0 Å². The number of nitrogens with two attached hydrogens (primary N) is 1. The summed E-state index contributed by atoms with van der Waals surface area (Å²) in [4.78, 5) is 0. The predicted molar refractivity (Wildman–Crippen MR) is 87.6 cm³/mol. The van der Waals surface area contributed by atoms with Crippen LogP contribution in [0.2, 0.25) is 0 Å². The maximum absolute atomic E-state index is 12.5. The maximum atomic E-state index is 12.5. The zero-order valence-electron chi connectivity index (χ0n) is 11.2. The quantitative estimate of drug-likeness (QED) is 0.798. The largest absolute Gasteiger partial charge is 0.416 e. The van der Waals surface area contributed by atoms with Crippen molar-refractivity contribution in [2.45, 2.75) is 6.18 Å². The molecule has 0 fully saturated rings. The SMILES string of the molecule is NC(=S)N(c1cccs1)S(=O)(=O)Nc1ccc(C(F)(F)F)cc1. The number of thiocarbonyl (C=S) groups is 1. The van der Waals surface area contributed by atoms with Crippen molar-refractivity contribution in [1.82, 2.24) is 0 Å². The molecular weight excluding hydrogens is 371 g/mol. The Bertz CT molecular complexity index is 787. The molecule has 124 valence electrons. The van der Waals surface area contributed by atoms with Crippen LogP contribution < -0.4 is 14.8 Å². The highest BCUT2D eigenvalue weighted by Gasteiger charge is 2.30. The van der Waals surface area contributed by atoms with Gasteiger partial charge in [0.05, 0.1) is 11.3 Å². The summed E-state index contributed by atoms with van der Waals surface area (Å²) in [6.07, 6.45) is -4.50. The van der Waals surface area contributed by atoms with Crippen LogP contribution in [0.25, 0.3) is 0 Å². The minimum atomic E-state index is -4.50. The molecule has 0 saturated carbocycles. The second-order valence-electron chi connectivity index (χ2n) is 4.24. The Morgan fingerprint density at radius 3 is 2.26 bits per heavy atom. The van der Waals surface area contributed by atoms with Crippen molar-refractivity contribution >= 4 is 49.6 Å². The molecule has 0 atom stereocenters. The molecule has 3 N–H and O–H groups in total. The van der Waals surface area contributed by atoms with Gasteiger partial charge in [0.2, 0.25) is 0 Å². The highest BCUT2D eigenvalue weighted by Crippen LogP contribution is 2.30. The molecule has 0 amide bonds. The third kappa shape index (κ3) is 4.12. The number of rotatable bonds is 4. The van der Waals surface area contributed by atoms with E-state index in [2.05, 4.69) is 4.72 Å². The van der Waals surface area contributed by atoms with Gasteiger partial charge in [-0.05, 0) is 54.0 Å². The highest BCUT2D eigenvalue weighted by molar-refractivity contribution is 7.96. The van der Waals surface area contributed by atoms with Crippen LogP contribution in [0.4, 0.5) is 23.9 Å². The van der Waals surface area contributed by atoms with Gasteiger partial charge < -0.3 is 5.73 Å². The van der Waals surface area contributed by atoms with E-state index in [1.54, 1.807) is 11.4 Å². The van der Waals surface area contributed by atoms with Crippen LogP contribution in [0.15, 0.2) is 41.8 Å². The number of anilines is 2. The lowest BCUT2D eigenvalue weighted by Gasteiger charge is -2.21. The van der Waals surface area contributed by atoms with Crippen LogP contribution in [0, 0.1) is 0 Å². The number of thiophene rings is 1. The molecule has 0 aliphatic carbocycles. The molecule has 1 aromatic carbocycles. The van der Waals surface area contributed by atoms with E-state index in [9.17, 15) is 21.6 Å². The Balaban J connectivity index is 2.28. The van der Waals surface area contributed by atoms with Gasteiger partial charge in [0.1, 0.15) is 5.00 Å². The van der Waals surface area contributed by atoms with E-state index in [4.69, 9.17) is 18.0 Å². The van der Waals surface area contributed by atoms with E-state index in [1.165, 1.54) is 6.07 Å². The van der Waals surface area contributed by atoms with E-state index >= 15 is 0 Å². The fourth-order valence-corrected chi connectivity index (χ4v) is 4.23. The van der Waals surface area contributed by atoms with Gasteiger partial charge in [-0.2, -0.15) is 25.9 Å². The van der Waals surface area contributed by atoms with Crippen LogP contribution in [-0.2, 0) is 16.4 Å². The third-order valence-corrected chi connectivity index (χ3v) is 5.24. The van der Waals surface area contributed by atoms with Gasteiger partial charge in [0.15, 0.2) is 5.11 Å². The van der Waals surface area contributed by atoms with Crippen molar-refractivity contribution in [2.24, 2.45) is 5.73 Å². The summed E-state index contributed by atoms with van der Waals surface area (Å²) >= 11 is 5.83. The molecule has 5 nitrogen and oxygen atoms in total.